The molecule has 188 valence electrons. The lowest BCUT2D eigenvalue weighted by Gasteiger charge is -2.29. The fraction of sp³-hybridized carbons (Fsp3) is 0.296. The van der Waals surface area contributed by atoms with Crippen molar-refractivity contribution in [2.75, 3.05) is 12.4 Å². The summed E-state index contributed by atoms with van der Waals surface area (Å²) in [4.78, 5) is 39.1. The first-order valence-corrected chi connectivity index (χ1v) is 13.4. The van der Waals surface area contributed by atoms with E-state index in [0.717, 1.165) is 5.39 Å². The molecule has 0 bridgehead atoms. The summed E-state index contributed by atoms with van der Waals surface area (Å²) in [6, 6.07) is 19.6. The average Bonchev–Trinajstić information content (AvgIpc) is 3.10. The van der Waals surface area contributed by atoms with Crippen molar-refractivity contribution >= 4 is 38.2 Å². The van der Waals surface area contributed by atoms with Crippen molar-refractivity contribution < 1.29 is 27.5 Å². The van der Waals surface area contributed by atoms with E-state index in [1.54, 1.807) is 61.5 Å². The van der Waals surface area contributed by atoms with Crippen LogP contribution in [0, 0.1) is 0 Å². The van der Waals surface area contributed by atoms with Crippen molar-refractivity contribution in [3.63, 3.8) is 0 Å². The van der Waals surface area contributed by atoms with Crippen LogP contribution in [0.1, 0.15) is 29.8 Å². The van der Waals surface area contributed by atoms with Gasteiger partial charge < -0.3 is 15.4 Å². The number of benzene rings is 3. The molecule has 1 saturated heterocycles. The number of hydrogen-bond acceptors (Lipinski definition) is 6. The number of sulfone groups is 1. The Morgan fingerprint density at radius 1 is 1.03 bits per heavy atom. The molecule has 1 aliphatic rings. The molecule has 9 heteroatoms. The molecular formula is C27H28N2O6S. The number of hydrogen-bond donors (Lipinski definition) is 2. The largest absolute Gasteiger partial charge is 0.368 e. The van der Waals surface area contributed by atoms with E-state index < -0.39 is 45.1 Å². The predicted octanol–water partition coefficient (Wildman–Crippen LogP) is 2.42. The second kappa shape index (κ2) is 10.2. The average molecular weight is 509 g/mol. The van der Waals surface area contributed by atoms with Crippen LogP contribution in [0.4, 0.5) is 0 Å². The van der Waals surface area contributed by atoms with Crippen LogP contribution in [0.5, 0.6) is 0 Å². The highest BCUT2D eigenvalue weighted by atomic mass is 32.2. The standard InChI is InChI=1S/C27H28N2O6S/c1-18-27(2,24(30)15-35-18)29-26(32)23(17-36(33,34)16-19-9-4-3-5-10-19)28-25(31)22-14-8-12-20-11-6-7-13-21(20)22/h3-14,18,23H,15-17H2,1-2H3,(H,28,31)(H,29,32). The third-order valence-electron chi connectivity index (χ3n) is 6.55. The van der Waals surface area contributed by atoms with E-state index in [1.807, 2.05) is 18.2 Å². The molecule has 3 unspecified atom stereocenters. The van der Waals surface area contributed by atoms with Gasteiger partial charge in [0.25, 0.3) is 5.91 Å². The molecule has 0 radical (unpaired) electrons. The first-order valence-electron chi connectivity index (χ1n) is 11.6. The maximum atomic E-state index is 13.4. The lowest BCUT2D eigenvalue weighted by Crippen LogP contribution is -2.61. The molecule has 3 aromatic rings. The highest BCUT2D eigenvalue weighted by Gasteiger charge is 2.47. The molecule has 0 spiro atoms. The maximum absolute atomic E-state index is 13.4. The Morgan fingerprint density at radius 2 is 1.69 bits per heavy atom. The number of amides is 2. The molecule has 2 amide bonds. The van der Waals surface area contributed by atoms with E-state index >= 15 is 0 Å². The van der Waals surface area contributed by atoms with Crippen molar-refractivity contribution in [1.29, 1.82) is 0 Å². The Bertz CT molecular complexity index is 1400. The summed E-state index contributed by atoms with van der Waals surface area (Å²) in [5.74, 6) is -2.61. The Hall–Kier alpha value is -3.56. The topological polar surface area (TPSA) is 119 Å². The van der Waals surface area contributed by atoms with Crippen molar-refractivity contribution in [3.05, 3.63) is 83.9 Å². The zero-order valence-electron chi connectivity index (χ0n) is 20.1. The minimum Gasteiger partial charge on any atom is -0.368 e. The summed E-state index contributed by atoms with van der Waals surface area (Å²) >= 11 is 0. The van der Waals surface area contributed by atoms with E-state index in [-0.39, 0.29) is 18.1 Å². The summed E-state index contributed by atoms with van der Waals surface area (Å²) < 4.78 is 31.5. The molecule has 1 heterocycles. The van der Waals surface area contributed by atoms with Gasteiger partial charge in [-0.25, -0.2) is 8.42 Å². The van der Waals surface area contributed by atoms with Crippen molar-refractivity contribution in [1.82, 2.24) is 10.6 Å². The zero-order valence-corrected chi connectivity index (χ0v) is 20.9. The molecule has 0 saturated carbocycles. The molecule has 1 fully saturated rings. The summed E-state index contributed by atoms with van der Waals surface area (Å²) in [5.41, 5.74) is -0.453. The molecule has 8 nitrogen and oxygen atoms in total. The molecular weight excluding hydrogens is 480 g/mol. The number of ether oxygens (including phenoxy) is 1. The van der Waals surface area contributed by atoms with Gasteiger partial charge in [-0.05, 0) is 36.2 Å². The zero-order chi connectivity index (χ0) is 25.9. The van der Waals surface area contributed by atoms with Gasteiger partial charge in [-0.3, -0.25) is 14.4 Å². The number of fused-ring (bicyclic) bond motifs is 1. The molecule has 4 rings (SSSR count). The molecule has 1 aliphatic heterocycles. The summed E-state index contributed by atoms with van der Waals surface area (Å²) in [5, 5.41) is 6.75. The minimum atomic E-state index is -3.82. The van der Waals surface area contributed by atoms with Crippen LogP contribution < -0.4 is 10.6 Å². The lowest BCUT2D eigenvalue weighted by molar-refractivity contribution is -0.130. The fourth-order valence-electron chi connectivity index (χ4n) is 4.24. The molecule has 3 aromatic carbocycles. The van der Waals surface area contributed by atoms with Gasteiger partial charge in [0.05, 0.1) is 17.6 Å². The van der Waals surface area contributed by atoms with Crippen molar-refractivity contribution in [3.8, 4) is 0 Å². The maximum Gasteiger partial charge on any atom is 0.252 e. The first-order chi connectivity index (χ1) is 17.1. The Labute approximate surface area is 210 Å². The van der Waals surface area contributed by atoms with Crippen LogP contribution >= 0.6 is 0 Å². The van der Waals surface area contributed by atoms with Gasteiger partial charge in [-0.15, -0.1) is 0 Å². The van der Waals surface area contributed by atoms with Gasteiger partial charge in [0.2, 0.25) is 5.91 Å². The third-order valence-corrected chi connectivity index (χ3v) is 8.16. The smallest absolute Gasteiger partial charge is 0.252 e. The van der Waals surface area contributed by atoms with Crippen LogP contribution in [0.2, 0.25) is 0 Å². The van der Waals surface area contributed by atoms with Gasteiger partial charge in [-0.2, -0.15) is 0 Å². The number of nitrogens with one attached hydrogen (secondary N) is 2. The summed E-state index contributed by atoms with van der Waals surface area (Å²) in [6.07, 6.45) is -0.607. The number of rotatable bonds is 8. The predicted molar refractivity (Wildman–Crippen MR) is 136 cm³/mol. The Kier molecular flexibility index (Phi) is 7.23. The van der Waals surface area contributed by atoms with Gasteiger partial charge in [-0.1, -0.05) is 66.7 Å². The van der Waals surface area contributed by atoms with Gasteiger partial charge in [0, 0.05) is 5.56 Å². The normalized spacial score (nSPS) is 20.7. The van der Waals surface area contributed by atoms with Gasteiger partial charge >= 0.3 is 0 Å². The second-order valence-electron chi connectivity index (χ2n) is 9.16. The van der Waals surface area contributed by atoms with E-state index in [2.05, 4.69) is 10.6 Å². The third kappa shape index (κ3) is 5.47. The summed E-state index contributed by atoms with van der Waals surface area (Å²) in [6.45, 7) is 3.03. The molecule has 3 atom stereocenters. The van der Waals surface area contributed by atoms with Crippen LogP contribution in [0.3, 0.4) is 0 Å². The number of ketones is 1. The molecule has 36 heavy (non-hydrogen) atoms. The highest BCUT2D eigenvalue weighted by molar-refractivity contribution is 7.90. The van der Waals surface area contributed by atoms with Gasteiger partial charge in [0.15, 0.2) is 15.6 Å². The second-order valence-corrected chi connectivity index (χ2v) is 11.3. The van der Waals surface area contributed by atoms with Crippen LogP contribution in [0.25, 0.3) is 10.8 Å². The highest BCUT2D eigenvalue weighted by Crippen LogP contribution is 2.23. The number of Topliss-reactive ketones (excluding diaryl/α,β-unsaturated/α-hetero) is 1. The van der Waals surface area contributed by atoms with Crippen molar-refractivity contribution in [2.45, 2.75) is 37.3 Å². The first kappa shape index (κ1) is 25.5. The number of carbonyl (C=O) groups excluding carboxylic acids is 3. The minimum absolute atomic E-state index is 0.155. The molecule has 0 aliphatic carbocycles. The lowest BCUT2D eigenvalue weighted by atomic mass is 9.93. The monoisotopic (exact) mass is 508 g/mol. The van der Waals surface area contributed by atoms with E-state index in [4.69, 9.17) is 4.74 Å². The van der Waals surface area contributed by atoms with Crippen LogP contribution in [-0.2, 0) is 29.9 Å². The number of carbonyl (C=O) groups is 3. The van der Waals surface area contributed by atoms with E-state index in [0.29, 0.717) is 16.5 Å². The summed E-state index contributed by atoms with van der Waals surface area (Å²) in [7, 11) is -3.82. The molecule has 2 N–H and O–H groups in total. The van der Waals surface area contributed by atoms with Crippen LogP contribution in [-0.4, -0.2) is 56.1 Å². The van der Waals surface area contributed by atoms with Gasteiger partial charge in [0.1, 0.15) is 18.2 Å². The van der Waals surface area contributed by atoms with E-state index in [1.165, 1.54) is 6.92 Å². The SMILES string of the molecule is CC1OCC(=O)C1(C)NC(=O)C(CS(=O)(=O)Cc1ccccc1)NC(=O)c1cccc2ccccc12. The van der Waals surface area contributed by atoms with E-state index in [9.17, 15) is 22.8 Å². The Balaban J connectivity index is 1.62. The quantitative estimate of drug-likeness (QED) is 0.482. The fourth-order valence-corrected chi connectivity index (χ4v) is 5.80. The Morgan fingerprint density at radius 3 is 2.39 bits per heavy atom. The van der Waals surface area contributed by atoms with Crippen LogP contribution in [0.15, 0.2) is 72.8 Å². The molecule has 0 aromatic heterocycles. The van der Waals surface area contributed by atoms with Crippen molar-refractivity contribution in [2.24, 2.45) is 0 Å².